The van der Waals surface area contributed by atoms with Gasteiger partial charge in [0, 0.05) is 37.6 Å². The van der Waals surface area contributed by atoms with Crippen LogP contribution in [0.15, 0.2) is 41.8 Å². The third kappa shape index (κ3) is 3.54. The van der Waals surface area contributed by atoms with Crippen molar-refractivity contribution in [3.05, 3.63) is 46.7 Å². The Morgan fingerprint density at radius 1 is 1.07 bits per heavy atom. The van der Waals surface area contributed by atoms with Crippen molar-refractivity contribution in [2.75, 3.05) is 44.2 Å². The van der Waals surface area contributed by atoms with Crippen LogP contribution in [0.25, 0.3) is 10.2 Å². The Hall–Kier alpha value is -1.96. The molecule has 0 aliphatic carbocycles. The first-order chi connectivity index (χ1) is 13.8. The number of piperazine rings is 1. The summed E-state index contributed by atoms with van der Waals surface area (Å²) in [5.74, 6) is 0.282. The van der Waals surface area contributed by atoms with E-state index in [1.54, 1.807) is 22.7 Å². The highest BCUT2D eigenvalue weighted by Gasteiger charge is 2.32. The zero-order valence-electron chi connectivity index (χ0n) is 15.8. The minimum Gasteiger partial charge on any atom is -0.345 e. The first-order valence-corrected chi connectivity index (χ1v) is 11.6. The number of benzene rings is 1. The molecule has 2 fully saturated rings. The third-order valence-corrected chi connectivity index (χ3v) is 7.80. The number of carbonyl (C=O) groups is 1. The number of aromatic nitrogens is 1. The number of nitrogens with zero attached hydrogens (tertiary/aromatic N) is 4. The minimum atomic E-state index is 0.282. The van der Waals surface area contributed by atoms with Crippen LogP contribution in [0, 0.1) is 0 Å². The summed E-state index contributed by atoms with van der Waals surface area (Å²) >= 11 is 3.53. The fourth-order valence-corrected chi connectivity index (χ4v) is 6.11. The molecule has 5 rings (SSSR count). The summed E-state index contributed by atoms with van der Waals surface area (Å²) in [5, 5.41) is 3.21. The lowest BCUT2D eigenvalue weighted by Gasteiger charge is -2.35. The van der Waals surface area contributed by atoms with E-state index in [2.05, 4.69) is 50.4 Å². The topological polar surface area (TPSA) is 39.7 Å². The van der Waals surface area contributed by atoms with Crippen LogP contribution in [0.1, 0.15) is 23.8 Å². The number of fused-ring (bicyclic) bond motifs is 1. The minimum absolute atomic E-state index is 0.282. The van der Waals surface area contributed by atoms with Crippen molar-refractivity contribution in [1.29, 1.82) is 0 Å². The number of thiophene rings is 1. The molecule has 4 heterocycles. The van der Waals surface area contributed by atoms with Crippen LogP contribution in [0.5, 0.6) is 0 Å². The van der Waals surface area contributed by atoms with Crippen molar-refractivity contribution >= 4 is 43.9 Å². The highest BCUT2D eigenvalue weighted by Crippen LogP contribution is 2.34. The molecule has 2 aliphatic heterocycles. The Balaban J connectivity index is 1.18. The van der Waals surface area contributed by atoms with Crippen molar-refractivity contribution in [1.82, 2.24) is 14.8 Å². The molecule has 1 aromatic carbocycles. The third-order valence-electron chi connectivity index (χ3n) is 5.73. The number of anilines is 1. The number of hydrogen-bond donors (Lipinski definition) is 0. The van der Waals surface area contributed by atoms with Crippen LogP contribution in [-0.2, 0) is 4.79 Å². The van der Waals surface area contributed by atoms with Crippen molar-refractivity contribution in [3.8, 4) is 0 Å². The Bertz CT molecular complexity index is 913. The van der Waals surface area contributed by atoms with Crippen LogP contribution in [0.2, 0.25) is 0 Å². The molecule has 7 heteroatoms. The maximum absolute atomic E-state index is 13.0. The number of carbonyl (C=O) groups excluding carboxylic acids is 1. The normalized spacial score (nSPS) is 20.9. The summed E-state index contributed by atoms with van der Waals surface area (Å²) in [6.07, 6.45) is 2.21. The Kier molecular flexibility index (Phi) is 5.05. The largest absolute Gasteiger partial charge is 0.345 e. The van der Waals surface area contributed by atoms with Crippen LogP contribution >= 0.6 is 22.7 Å². The smallest absolute Gasteiger partial charge is 0.237 e. The molecule has 0 radical (unpaired) electrons. The molecule has 1 atom stereocenters. The molecule has 2 aliphatic rings. The van der Waals surface area contributed by atoms with Gasteiger partial charge >= 0.3 is 0 Å². The lowest BCUT2D eigenvalue weighted by atomic mass is 10.2. The molecule has 0 spiro atoms. The standard InChI is InChI=1S/C21H24N4OS2/c26-20(25-9-3-6-17(25)19-8-4-14-27-19)15-23-10-12-24(13-11-23)21-22-16-5-1-2-7-18(16)28-21/h1-2,4-5,7-8,14,17H,3,6,9-13,15H2. The molecule has 2 aromatic heterocycles. The molecule has 3 aromatic rings. The van der Waals surface area contributed by atoms with Crippen LogP contribution < -0.4 is 4.90 Å². The van der Waals surface area contributed by atoms with E-state index in [9.17, 15) is 4.79 Å². The number of thiazole rings is 1. The highest BCUT2D eigenvalue weighted by atomic mass is 32.1. The quantitative estimate of drug-likeness (QED) is 0.653. The van der Waals surface area contributed by atoms with Crippen LogP contribution in [-0.4, -0.2) is 60.0 Å². The van der Waals surface area contributed by atoms with Crippen molar-refractivity contribution < 1.29 is 4.79 Å². The maximum atomic E-state index is 13.0. The second-order valence-corrected chi connectivity index (χ2v) is 9.48. The lowest BCUT2D eigenvalue weighted by Crippen LogP contribution is -2.50. The van der Waals surface area contributed by atoms with E-state index in [4.69, 9.17) is 4.98 Å². The van der Waals surface area contributed by atoms with E-state index in [1.165, 1.54) is 9.58 Å². The zero-order chi connectivity index (χ0) is 18.9. The van der Waals surface area contributed by atoms with E-state index in [1.807, 2.05) is 6.07 Å². The Morgan fingerprint density at radius 3 is 2.71 bits per heavy atom. The summed E-state index contributed by atoms with van der Waals surface area (Å²) in [5.41, 5.74) is 1.08. The van der Waals surface area contributed by atoms with Crippen molar-refractivity contribution in [2.24, 2.45) is 0 Å². The first-order valence-electron chi connectivity index (χ1n) is 9.94. The number of para-hydroxylation sites is 1. The van der Waals surface area contributed by atoms with Gasteiger partial charge in [-0.3, -0.25) is 9.69 Å². The fraction of sp³-hybridized carbons (Fsp3) is 0.429. The monoisotopic (exact) mass is 412 g/mol. The summed E-state index contributed by atoms with van der Waals surface area (Å²) in [4.78, 5) is 25.8. The predicted molar refractivity (Wildman–Crippen MR) is 116 cm³/mol. The fourth-order valence-electron chi connectivity index (χ4n) is 4.22. The first kappa shape index (κ1) is 18.1. The summed E-state index contributed by atoms with van der Waals surface area (Å²) in [7, 11) is 0. The van der Waals surface area contributed by atoms with Crippen molar-refractivity contribution in [3.63, 3.8) is 0 Å². The van der Waals surface area contributed by atoms with Gasteiger partial charge in [-0.2, -0.15) is 0 Å². The van der Waals surface area contributed by atoms with Gasteiger partial charge in [-0.05, 0) is 36.4 Å². The summed E-state index contributed by atoms with van der Waals surface area (Å²) in [6.45, 7) is 5.13. The van der Waals surface area contributed by atoms with E-state index in [0.29, 0.717) is 6.54 Å². The van der Waals surface area contributed by atoms with Gasteiger partial charge in [0.1, 0.15) is 0 Å². The van der Waals surface area contributed by atoms with E-state index in [-0.39, 0.29) is 11.9 Å². The van der Waals surface area contributed by atoms with Gasteiger partial charge in [0.2, 0.25) is 5.91 Å². The van der Waals surface area contributed by atoms with Gasteiger partial charge in [0.15, 0.2) is 5.13 Å². The van der Waals surface area contributed by atoms with E-state index in [0.717, 1.165) is 56.2 Å². The SMILES string of the molecule is O=C(CN1CCN(c2nc3ccccc3s2)CC1)N1CCCC1c1cccs1. The summed E-state index contributed by atoms with van der Waals surface area (Å²) < 4.78 is 1.24. The second-order valence-electron chi connectivity index (χ2n) is 7.49. The van der Waals surface area contributed by atoms with Crippen LogP contribution in [0.3, 0.4) is 0 Å². The molecular formula is C21H24N4OS2. The van der Waals surface area contributed by atoms with Gasteiger partial charge in [-0.25, -0.2) is 4.98 Å². The second kappa shape index (κ2) is 7.81. The van der Waals surface area contributed by atoms with Gasteiger partial charge < -0.3 is 9.80 Å². The maximum Gasteiger partial charge on any atom is 0.237 e. The number of likely N-dealkylation sites (tertiary alicyclic amines) is 1. The zero-order valence-corrected chi connectivity index (χ0v) is 17.4. The highest BCUT2D eigenvalue weighted by molar-refractivity contribution is 7.22. The molecule has 5 nitrogen and oxygen atoms in total. The van der Waals surface area contributed by atoms with Gasteiger partial charge in [-0.1, -0.05) is 29.5 Å². The Labute approximate surface area is 173 Å². The van der Waals surface area contributed by atoms with Gasteiger partial charge in [0.05, 0.1) is 22.8 Å². The summed E-state index contributed by atoms with van der Waals surface area (Å²) in [6, 6.07) is 12.8. The van der Waals surface area contributed by atoms with Crippen LogP contribution in [0.4, 0.5) is 5.13 Å². The molecule has 1 unspecified atom stereocenters. The molecular weight excluding hydrogens is 388 g/mol. The van der Waals surface area contributed by atoms with Gasteiger partial charge in [-0.15, -0.1) is 11.3 Å². The number of amides is 1. The molecule has 0 N–H and O–H groups in total. The average Bonchev–Trinajstić information content (AvgIpc) is 3.47. The van der Waals surface area contributed by atoms with E-state index >= 15 is 0 Å². The molecule has 0 bridgehead atoms. The van der Waals surface area contributed by atoms with Crippen molar-refractivity contribution in [2.45, 2.75) is 18.9 Å². The molecule has 2 saturated heterocycles. The van der Waals surface area contributed by atoms with E-state index < -0.39 is 0 Å². The average molecular weight is 413 g/mol. The number of rotatable bonds is 4. The molecule has 1 amide bonds. The molecule has 146 valence electrons. The molecule has 0 saturated carbocycles. The van der Waals surface area contributed by atoms with Gasteiger partial charge in [0.25, 0.3) is 0 Å². The number of hydrogen-bond acceptors (Lipinski definition) is 6. The Morgan fingerprint density at radius 2 is 1.93 bits per heavy atom. The molecule has 28 heavy (non-hydrogen) atoms. The lowest BCUT2D eigenvalue weighted by molar-refractivity contribution is -0.133. The predicted octanol–water partition coefficient (Wildman–Crippen LogP) is 3.84.